The van der Waals surface area contributed by atoms with Gasteiger partial charge in [0.25, 0.3) is 0 Å². The predicted octanol–water partition coefficient (Wildman–Crippen LogP) is 14.2. The first kappa shape index (κ1) is 35.1. The van der Waals surface area contributed by atoms with Gasteiger partial charge in [0.2, 0.25) is 0 Å². The third kappa shape index (κ3) is 6.69. The van der Waals surface area contributed by atoms with Crippen LogP contribution in [0, 0.1) is 11.8 Å². The van der Waals surface area contributed by atoms with E-state index in [0.717, 1.165) is 28.9 Å². The van der Waals surface area contributed by atoms with Gasteiger partial charge in [-0.2, -0.15) is 0 Å². The van der Waals surface area contributed by atoms with Gasteiger partial charge in [-0.1, -0.05) is 151 Å². The van der Waals surface area contributed by atoms with E-state index in [-0.39, 0.29) is 0 Å². The molecule has 1 heterocycles. The normalized spacial score (nSPS) is 16.8. The molecule has 56 heavy (non-hydrogen) atoms. The molecule has 0 amide bonds. The first-order valence-corrected chi connectivity index (χ1v) is 19.6. The van der Waals surface area contributed by atoms with Crippen LogP contribution >= 0.6 is 0 Å². The molecular formula is C54H46N2. The monoisotopic (exact) mass is 722 g/mol. The quantitative estimate of drug-likeness (QED) is 0.156. The van der Waals surface area contributed by atoms with Crippen LogP contribution in [0.4, 0.5) is 0 Å². The lowest BCUT2D eigenvalue weighted by molar-refractivity contribution is 0.655. The smallest absolute Gasteiger partial charge is 0.0619 e. The van der Waals surface area contributed by atoms with Gasteiger partial charge in [0, 0.05) is 39.4 Å². The molecule has 0 aliphatic heterocycles. The molecule has 2 atom stereocenters. The fraction of sp³-hybridized carbons (Fsp3) is 0.111. The zero-order valence-corrected chi connectivity index (χ0v) is 32.3. The number of aromatic nitrogens is 1. The fourth-order valence-corrected chi connectivity index (χ4v) is 8.33. The number of para-hydroxylation sites is 1. The summed E-state index contributed by atoms with van der Waals surface area (Å²) >= 11 is 0. The number of hydrogen-bond donors (Lipinski definition) is 1. The fourth-order valence-electron chi connectivity index (χ4n) is 8.33. The molecule has 2 N–H and O–H groups in total. The minimum absolute atomic E-state index is 0.342. The second kappa shape index (κ2) is 14.5. The predicted molar refractivity (Wildman–Crippen MR) is 243 cm³/mol. The Morgan fingerprint density at radius 1 is 0.661 bits per heavy atom. The van der Waals surface area contributed by atoms with Crippen LogP contribution in [0.25, 0.3) is 71.4 Å². The minimum Gasteiger partial charge on any atom is -0.398 e. The Kier molecular flexibility index (Phi) is 9.11. The minimum atomic E-state index is 0.342. The van der Waals surface area contributed by atoms with Crippen LogP contribution in [0.3, 0.4) is 0 Å². The van der Waals surface area contributed by atoms with Gasteiger partial charge in [0.15, 0.2) is 0 Å². The average molecular weight is 723 g/mol. The molecule has 0 saturated heterocycles. The van der Waals surface area contributed by atoms with Gasteiger partial charge in [-0.15, -0.1) is 0 Å². The third-order valence-corrected chi connectivity index (χ3v) is 11.2. The van der Waals surface area contributed by atoms with Gasteiger partial charge in [0.05, 0.1) is 11.0 Å². The van der Waals surface area contributed by atoms with E-state index < -0.39 is 0 Å². The molecule has 2 nitrogen and oxygen atoms in total. The van der Waals surface area contributed by atoms with Gasteiger partial charge in [0.1, 0.15) is 0 Å². The van der Waals surface area contributed by atoms with Crippen molar-refractivity contribution in [3.05, 3.63) is 210 Å². The Morgan fingerprint density at radius 3 is 2.20 bits per heavy atom. The van der Waals surface area contributed by atoms with E-state index in [4.69, 9.17) is 5.73 Å². The molecule has 0 bridgehead atoms. The number of nitrogens with zero attached hydrogens (tertiary/aromatic N) is 1. The molecule has 2 heteroatoms. The highest BCUT2D eigenvalue weighted by Crippen LogP contribution is 2.41. The summed E-state index contributed by atoms with van der Waals surface area (Å²) in [6, 6.07) is 42.5. The second-order valence-corrected chi connectivity index (χ2v) is 15.6. The number of allylic oxidation sites excluding steroid dienone is 14. The summed E-state index contributed by atoms with van der Waals surface area (Å²) in [5.74, 6) is 0.734. The van der Waals surface area contributed by atoms with Gasteiger partial charge < -0.3 is 10.3 Å². The van der Waals surface area contributed by atoms with Crippen LogP contribution in [0.15, 0.2) is 199 Å². The number of rotatable bonds is 8. The molecule has 272 valence electrons. The summed E-state index contributed by atoms with van der Waals surface area (Å²) in [5.41, 5.74) is 20.4. The molecule has 6 aromatic carbocycles. The number of fused-ring (bicyclic) bond motifs is 7. The molecule has 0 spiro atoms. The number of hydrogen-bond acceptors (Lipinski definition) is 1. The maximum Gasteiger partial charge on any atom is 0.0619 e. The van der Waals surface area contributed by atoms with Crippen LogP contribution in [0.2, 0.25) is 0 Å². The van der Waals surface area contributed by atoms with Crippen molar-refractivity contribution in [2.75, 3.05) is 0 Å². The lowest BCUT2D eigenvalue weighted by atomic mass is 9.79. The van der Waals surface area contributed by atoms with Crippen LogP contribution in [-0.4, -0.2) is 4.57 Å². The lowest BCUT2D eigenvalue weighted by Crippen LogP contribution is -2.13. The molecule has 0 saturated carbocycles. The molecule has 9 rings (SSSR count). The molecule has 0 fully saturated rings. The van der Waals surface area contributed by atoms with E-state index in [1.807, 2.05) is 13.0 Å². The van der Waals surface area contributed by atoms with Crippen LogP contribution in [0.5, 0.6) is 0 Å². The Hall–Kier alpha value is -6.64. The second-order valence-electron chi connectivity index (χ2n) is 15.6. The van der Waals surface area contributed by atoms with Gasteiger partial charge in [-0.05, 0) is 119 Å². The average Bonchev–Trinajstić information content (AvgIpc) is 3.56. The largest absolute Gasteiger partial charge is 0.398 e. The Bertz CT molecular complexity index is 2930. The molecule has 7 aromatic rings. The van der Waals surface area contributed by atoms with Crippen molar-refractivity contribution in [1.82, 2.24) is 4.57 Å². The highest BCUT2D eigenvalue weighted by molar-refractivity contribution is 6.19. The van der Waals surface area contributed by atoms with E-state index >= 15 is 0 Å². The van der Waals surface area contributed by atoms with Crippen molar-refractivity contribution in [2.45, 2.75) is 27.2 Å². The Labute approximate surface area is 330 Å². The van der Waals surface area contributed by atoms with Gasteiger partial charge >= 0.3 is 0 Å². The molecule has 2 aliphatic rings. The maximum absolute atomic E-state index is 6.47. The van der Waals surface area contributed by atoms with Gasteiger partial charge in [-0.3, -0.25) is 0 Å². The van der Waals surface area contributed by atoms with Gasteiger partial charge in [-0.25, -0.2) is 0 Å². The first-order chi connectivity index (χ1) is 27.3. The van der Waals surface area contributed by atoms with E-state index in [1.165, 1.54) is 76.8 Å². The van der Waals surface area contributed by atoms with Crippen LogP contribution in [-0.2, 0) is 0 Å². The zero-order valence-electron chi connectivity index (χ0n) is 32.3. The van der Waals surface area contributed by atoms with E-state index in [0.29, 0.717) is 11.8 Å². The third-order valence-electron chi connectivity index (χ3n) is 11.2. The molecule has 0 radical (unpaired) electrons. The van der Waals surface area contributed by atoms with Crippen molar-refractivity contribution in [2.24, 2.45) is 17.6 Å². The van der Waals surface area contributed by atoms with E-state index in [9.17, 15) is 0 Å². The molecular weight excluding hydrogens is 677 g/mol. The summed E-state index contributed by atoms with van der Waals surface area (Å²) in [5, 5.41) is 7.34. The standard InChI is InChI=1S/C54H46N2/c1-35(2)9-8-10-37-14-15-38-16-20-41(31-46(38)29-37)43-23-26-50-51-27-24-44-30-42(22-25-49(44)54(51)56(53(50)34-43)48-11-6-5-7-12-48)40-19-17-39-18-21-45(33-47(39)32-40)52(55)28-13-36(3)4/h5-9,11-34,38,46H,1,10,55H2,2-4H3/b9-8-,52-28-. The summed E-state index contributed by atoms with van der Waals surface area (Å²) in [7, 11) is 0. The number of benzene rings is 6. The summed E-state index contributed by atoms with van der Waals surface area (Å²) in [4.78, 5) is 0. The van der Waals surface area contributed by atoms with Crippen molar-refractivity contribution < 1.29 is 0 Å². The molecule has 2 aliphatic carbocycles. The van der Waals surface area contributed by atoms with Crippen LogP contribution in [0.1, 0.15) is 38.3 Å². The lowest BCUT2D eigenvalue weighted by Gasteiger charge is -2.25. The van der Waals surface area contributed by atoms with Crippen molar-refractivity contribution in [1.29, 1.82) is 0 Å². The van der Waals surface area contributed by atoms with Crippen LogP contribution < -0.4 is 5.73 Å². The summed E-state index contributed by atoms with van der Waals surface area (Å²) in [6.07, 6.45) is 23.5. The Balaban J connectivity index is 1.13. The first-order valence-electron chi connectivity index (χ1n) is 19.6. The topological polar surface area (TPSA) is 30.9 Å². The maximum atomic E-state index is 6.47. The summed E-state index contributed by atoms with van der Waals surface area (Å²) < 4.78 is 2.46. The summed E-state index contributed by atoms with van der Waals surface area (Å²) in [6.45, 7) is 10.2. The van der Waals surface area contributed by atoms with E-state index in [2.05, 4.69) is 195 Å². The molecule has 1 aromatic heterocycles. The zero-order chi connectivity index (χ0) is 38.3. The van der Waals surface area contributed by atoms with Crippen molar-refractivity contribution in [3.63, 3.8) is 0 Å². The van der Waals surface area contributed by atoms with Crippen molar-refractivity contribution in [3.8, 4) is 16.8 Å². The number of nitrogens with two attached hydrogens (primary N) is 1. The Morgan fingerprint density at radius 2 is 1.38 bits per heavy atom. The highest BCUT2D eigenvalue weighted by Gasteiger charge is 2.22. The van der Waals surface area contributed by atoms with E-state index in [1.54, 1.807) is 0 Å². The molecule has 2 unspecified atom stereocenters. The highest BCUT2D eigenvalue weighted by atomic mass is 15.0. The van der Waals surface area contributed by atoms with Crippen molar-refractivity contribution >= 4 is 54.6 Å². The SMILES string of the molecule is C=C(C)/C=C\CC1=CC2C=C(c3ccc4c5ccc6cc(-c7ccc8ccc(/C(N)=C/C=C(C)C)cc8c7)ccc6c5n(-c5ccccc5)c4c3)C=CC2C=C1.